The SMILES string of the molecule is CC(=Nc1c(C)n(C)n(-c2ccccc2)c1=O)c1c(O)ccc2ccccc12. The van der Waals surface area contributed by atoms with Crippen LogP contribution in [0.2, 0.25) is 0 Å². The maximum absolute atomic E-state index is 13.1. The van der Waals surface area contributed by atoms with Crippen LogP contribution in [0, 0.1) is 6.92 Å². The van der Waals surface area contributed by atoms with Gasteiger partial charge < -0.3 is 5.11 Å². The van der Waals surface area contributed by atoms with E-state index in [0.29, 0.717) is 17.0 Å². The van der Waals surface area contributed by atoms with Gasteiger partial charge in [-0.3, -0.25) is 9.48 Å². The Morgan fingerprint density at radius 2 is 1.64 bits per heavy atom. The van der Waals surface area contributed by atoms with E-state index in [9.17, 15) is 9.90 Å². The molecule has 0 aliphatic carbocycles. The molecule has 5 nitrogen and oxygen atoms in total. The number of aromatic nitrogens is 2. The number of fused-ring (bicyclic) bond motifs is 1. The number of para-hydroxylation sites is 1. The van der Waals surface area contributed by atoms with E-state index in [1.807, 2.05) is 81.6 Å². The summed E-state index contributed by atoms with van der Waals surface area (Å²) in [5, 5.41) is 12.4. The van der Waals surface area contributed by atoms with E-state index in [2.05, 4.69) is 4.99 Å². The van der Waals surface area contributed by atoms with Crippen LogP contribution in [0.4, 0.5) is 5.69 Å². The van der Waals surface area contributed by atoms with E-state index >= 15 is 0 Å². The lowest BCUT2D eigenvalue weighted by Gasteiger charge is -2.09. The highest BCUT2D eigenvalue weighted by atomic mass is 16.3. The van der Waals surface area contributed by atoms with Gasteiger partial charge in [-0.15, -0.1) is 0 Å². The van der Waals surface area contributed by atoms with E-state index in [1.54, 1.807) is 15.4 Å². The number of aromatic hydroxyl groups is 1. The van der Waals surface area contributed by atoms with Crippen LogP contribution in [0.5, 0.6) is 5.75 Å². The first-order chi connectivity index (χ1) is 13.5. The Bertz CT molecular complexity index is 1260. The Kier molecular flexibility index (Phi) is 4.35. The molecule has 0 unspecified atom stereocenters. The van der Waals surface area contributed by atoms with Crippen LogP contribution in [0.15, 0.2) is 76.5 Å². The van der Waals surface area contributed by atoms with Gasteiger partial charge >= 0.3 is 0 Å². The highest BCUT2D eigenvalue weighted by Crippen LogP contribution is 2.29. The highest BCUT2D eigenvalue weighted by molar-refractivity contribution is 6.12. The second-order valence-electron chi connectivity index (χ2n) is 6.79. The van der Waals surface area contributed by atoms with Gasteiger partial charge in [0.15, 0.2) is 5.69 Å². The third-order valence-electron chi connectivity index (χ3n) is 5.07. The predicted molar refractivity (Wildman–Crippen MR) is 113 cm³/mol. The third-order valence-corrected chi connectivity index (χ3v) is 5.07. The molecule has 0 atom stereocenters. The Balaban J connectivity index is 1.92. The van der Waals surface area contributed by atoms with Crippen molar-refractivity contribution < 1.29 is 5.11 Å². The van der Waals surface area contributed by atoms with Gasteiger partial charge in [0.25, 0.3) is 5.56 Å². The van der Waals surface area contributed by atoms with Gasteiger partial charge in [-0.05, 0) is 42.8 Å². The summed E-state index contributed by atoms with van der Waals surface area (Å²) < 4.78 is 3.40. The fourth-order valence-electron chi connectivity index (χ4n) is 3.55. The number of phenols is 1. The highest BCUT2D eigenvalue weighted by Gasteiger charge is 2.17. The lowest BCUT2D eigenvalue weighted by molar-refractivity contribution is 0.475. The maximum atomic E-state index is 13.1. The van der Waals surface area contributed by atoms with Crippen molar-refractivity contribution in [3.05, 3.63) is 88.3 Å². The van der Waals surface area contributed by atoms with Gasteiger partial charge in [-0.25, -0.2) is 9.67 Å². The van der Waals surface area contributed by atoms with E-state index in [4.69, 9.17) is 0 Å². The van der Waals surface area contributed by atoms with E-state index in [0.717, 1.165) is 22.2 Å². The van der Waals surface area contributed by atoms with Gasteiger partial charge in [-0.1, -0.05) is 48.5 Å². The van der Waals surface area contributed by atoms with Crippen molar-refractivity contribution in [2.24, 2.45) is 12.0 Å². The van der Waals surface area contributed by atoms with Crippen LogP contribution < -0.4 is 5.56 Å². The molecule has 0 fully saturated rings. The average molecular weight is 371 g/mol. The van der Waals surface area contributed by atoms with Crippen molar-refractivity contribution in [1.82, 2.24) is 9.36 Å². The molecule has 0 saturated heterocycles. The minimum absolute atomic E-state index is 0.150. The van der Waals surface area contributed by atoms with Crippen LogP contribution in [-0.4, -0.2) is 20.2 Å². The zero-order valence-electron chi connectivity index (χ0n) is 16.0. The van der Waals surface area contributed by atoms with Crippen molar-refractivity contribution in [2.75, 3.05) is 0 Å². The summed E-state index contributed by atoms with van der Waals surface area (Å²) in [6, 6.07) is 20.8. The van der Waals surface area contributed by atoms with E-state index in [-0.39, 0.29) is 11.3 Å². The molecule has 0 aliphatic heterocycles. The Morgan fingerprint density at radius 3 is 2.39 bits per heavy atom. The molecule has 0 radical (unpaired) electrons. The molecule has 1 heterocycles. The van der Waals surface area contributed by atoms with Crippen molar-refractivity contribution in [3.8, 4) is 11.4 Å². The van der Waals surface area contributed by atoms with Crippen LogP contribution in [-0.2, 0) is 7.05 Å². The lowest BCUT2D eigenvalue weighted by atomic mass is 10.0. The summed E-state index contributed by atoms with van der Waals surface area (Å²) >= 11 is 0. The fourth-order valence-corrected chi connectivity index (χ4v) is 3.55. The zero-order chi connectivity index (χ0) is 19.8. The summed E-state index contributed by atoms with van der Waals surface area (Å²) in [7, 11) is 1.84. The molecule has 0 spiro atoms. The quantitative estimate of drug-likeness (QED) is 0.540. The summed E-state index contributed by atoms with van der Waals surface area (Å²) in [6.45, 7) is 3.69. The monoisotopic (exact) mass is 371 g/mol. The summed E-state index contributed by atoms with van der Waals surface area (Å²) in [6.07, 6.45) is 0. The number of hydrogen-bond donors (Lipinski definition) is 1. The molecule has 0 bridgehead atoms. The van der Waals surface area contributed by atoms with Crippen molar-refractivity contribution in [2.45, 2.75) is 13.8 Å². The Morgan fingerprint density at radius 1 is 0.964 bits per heavy atom. The lowest BCUT2D eigenvalue weighted by Crippen LogP contribution is -2.19. The van der Waals surface area contributed by atoms with Crippen LogP contribution in [0.25, 0.3) is 16.5 Å². The number of rotatable bonds is 3. The summed E-state index contributed by atoms with van der Waals surface area (Å²) in [5.74, 6) is 0.150. The van der Waals surface area contributed by atoms with Gasteiger partial charge in [-0.2, -0.15) is 0 Å². The third kappa shape index (κ3) is 2.81. The normalized spacial score (nSPS) is 11.9. The molecule has 0 aliphatic rings. The molecule has 1 N–H and O–H groups in total. The van der Waals surface area contributed by atoms with Crippen molar-refractivity contribution in [1.29, 1.82) is 0 Å². The largest absolute Gasteiger partial charge is 0.507 e. The summed E-state index contributed by atoms with van der Waals surface area (Å²) in [4.78, 5) is 17.7. The fraction of sp³-hybridized carbons (Fsp3) is 0.130. The average Bonchev–Trinajstić information content (AvgIpc) is 2.91. The van der Waals surface area contributed by atoms with Crippen LogP contribution in [0.1, 0.15) is 18.2 Å². The first-order valence-electron chi connectivity index (χ1n) is 9.09. The Labute approximate surface area is 162 Å². The standard InChI is InChI=1S/C23H21N3O2/c1-15(21-19-12-8-7-9-17(19)13-14-20(21)27)24-22-16(2)25(3)26(23(22)28)18-10-5-4-6-11-18/h4-14,27H,1-3H3. The summed E-state index contributed by atoms with van der Waals surface area (Å²) in [5.41, 5.74) is 2.96. The predicted octanol–water partition coefficient (Wildman–Crippen LogP) is 4.48. The number of benzene rings is 3. The molecule has 3 aromatic carbocycles. The number of phenolic OH excluding ortho intramolecular Hbond substituents is 1. The van der Waals surface area contributed by atoms with Crippen LogP contribution >= 0.6 is 0 Å². The molecule has 0 saturated carbocycles. The Hall–Kier alpha value is -3.60. The topological polar surface area (TPSA) is 59.5 Å². The molecule has 1 aromatic heterocycles. The zero-order valence-corrected chi connectivity index (χ0v) is 16.0. The molecule has 0 amide bonds. The number of aliphatic imine (C=N–C) groups is 1. The van der Waals surface area contributed by atoms with Crippen molar-refractivity contribution in [3.63, 3.8) is 0 Å². The molecule has 4 rings (SSSR count). The molecular weight excluding hydrogens is 350 g/mol. The van der Waals surface area contributed by atoms with Gasteiger partial charge in [0.1, 0.15) is 5.75 Å². The van der Waals surface area contributed by atoms with Gasteiger partial charge in [0, 0.05) is 18.3 Å². The minimum Gasteiger partial charge on any atom is -0.507 e. The first-order valence-corrected chi connectivity index (χ1v) is 9.09. The first kappa shape index (κ1) is 17.8. The van der Waals surface area contributed by atoms with E-state index < -0.39 is 0 Å². The number of hydrogen-bond acceptors (Lipinski definition) is 3. The van der Waals surface area contributed by atoms with Gasteiger partial charge in [0.05, 0.1) is 11.4 Å². The molecule has 140 valence electrons. The van der Waals surface area contributed by atoms with Crippen LogP contribution in [0.3, 0.4) is 0 Å². The smallest absolute Gasteiger partial charge is 0.297 e. The number of nitrogens with zero attached hydrogens (tertiary/aromatic N) is 3. The molecular formula is C23H21N3O2. The van der Waals surface area contributed by atoms with Crippen molar-refractivity contribution >= 4 is 22.2 Å². The molecule has 4 aromatic rings. The second-order valence-corrected chi connectivity index (χ2v) is 6.79. The minimum atomic E-state index is -0.190. The van der Waals surface area contributed by atoms with E-state index in [1.165, 1.54) is 0 Å². The maximum Gasteiger partial charge on any atom is 0.297 e. The molecule has 5 heteroatoms. The second kappa shape index (κ2) is 6.85. The van der Waals surface area contributed by atoms with Gasteiger partial charge in [0.2, 0.25) is 0 Å². The molecule has 28 heavy (non-hydrogen) atoms.